The van der Waals surface area contributed by atoms with Gasteiger partial charge in [-0.25, -0.2) is 15.0 Å². The van der Waals surface area contributed by atoms with Crippen LogP contribution in [0.4, 0.5) is 0 Å². The predicted molar refractivity (Wildman–Crippen MR) is 364 cm³/mol. The van der Waals surface area contributed by atoms with Crippen molar-refractivity contribution in [2.45, 2.75) is 0 Å². The van der Waals surface area contributed by atoms with Crippen LogP contribution in [0.25, 0.3) is 166 Å². The summed E-state index contributed by atoms with van der Waals surface area (Å²) in [6.07, 6.45) is 0. The van der Waals surface area contributed by atoms with Crippen LogP contribution in [0.2, 0.25) is 0 Å². The van der Waals surface area contributed by atoms with E-state index < -0.39 is 0 Å². The molecule has 0 spiro atoms. The Morgan fingerprint density at radius 3 is 0.977 bits per heavy atom. The van der Waals surface area contributed by atoms with E-state index in [1.165, 1.54) is 32.7 Å². The fourth-order valence-corrected chi connectivity index (χ4v) is 14.0. The zero-order valence-electron chi connectivity index (χ0n) is 47.6. The van der Waals surface area contributed by atoms with Crippen molar-refractivity contribution in [2.75, 3.05) is 0 Å². The van der Waals surface area contributed by atoms with Gasteiger partial charge in [0.15, 0.2) is 17.5 Å². The lowest BCUT2D eigenvalue weighted by Gasteiger charge is -2.18. The van der Waals surface area contributed by atoms with Crippen LogP contribution in [-0.2, 0) is 0 Å². The summed E-state index contributed by atoms with van der Waals surface area (Å²) in [4.78, 5) is 16.3. The van der Waals surface area contributed by atoms with Crippen molar-refractivity contribution in [1.29, 1.82) is 0 Å². The van der Waals surface area contributed by atoms with Crippen molar-refractivity contribution in [1.82, 2.24) is 33.2 Å². The Bertz CT molecular complexity index is 5540. The number of aromatic nitrogens is 7. The summed E-state index contributed by atoms with van der Waals surface area (Å²) < 4.78 is 10.0. The van der Waals surface area contributed by atoms with E-state index in [9.17, 15) is 0 Å². The largest absolute Gasteiger partial charge is 0.309 e. The van der Waals surface area contributed by atoms with E-state index in [2.05, 4.69) is 291 Å². The number of nitrogens with zero attached hydrogens (tertiary/aromatic N) is 7. The van der Waals surface area contributed by atoms with Gasteiger partial charge >= 0.3 is 0 Å². The number of benzene rings is 13. The molecular formula is C81H51N7. The van der Waals surface area contributed by atoms with Crippen molar-refractivity contribution in [3.8, 4) is 79.2 Å². The quantitative estimate of drug-likeness (QED) is 0.145. The Hall–Kier alpha value is -11.9. The number of rotatable bonds is 9. The molecule has 0 radical (unpaired) electrons. The Kier molecular flexibility index (Phi) is 11.2. The van der Waals surface area contributed by atoms with Crippen LogP contribution in [0.15, 0.2) is 309 Å². The first kappa shape index (κ1) is 49.5. The highest BCUT2D eigenvalue weighted by Gasteiger charge is 2.30. The van der Waals surface area contributed by atoms with Gasteiger partial charge in [0, 0.05) is 76.8 Å². The van der Waals surface area contributed by atoms with E-state index in [1.807, 2.05) is 36.4 Å². The molecule has 0 saturated carbocycles. The van der Waals surface area contributed by atoms with Crippen molar-refractivity contribution in [3.63, 3.8) is 0 Å². The molecule has 88 heavy (non-hydrogen) atoms. The molecule has 410 valence electrons. The normalized spacial score (nSPS) is 11.9. The second kappa shape index (κ2) is 19.8. The van der Waals surface area contributed by atoms with E-state index >= 15 is 0 Å². The average molecular weight is 1120 g/mol. The topological polar surface area (TPSA) is 58.4 Å². The summed E-state index contributed by atoms with van der Waals surface area (Å²) >= 11 is 0. The standard InChI is InChI=1S/C81H51N7/c1-7-25-52(26-8-1)56-43-47-70-65(49-56)66-50-57(53-27-9-2-10-28-53)44-48-71(66)85(70)60-45-46-64(81-83-79(54-29-11-3-12-30-54)82-80(84-81)55-31-13-4-14-32-55)72(51-60)88-69-42-24-21-39-63(69)75-77-73(61-37-19-22-40-67(61)86(77)58-33-15-5-16-34-58)76-74(78(75)88)62-38-20-23-41-68(62)87(76)59-35-17-6-18-36-59/h1-51H. The molecule has 0 aliphatic heterocycles. The Morgan fingerprint density at radius 2 is 0.545 bits per heavy atom. The van der Waals surface area contributed by atoms with E-state index in [4.69, 9.17) is 15.0 Å². The van der Waals surface area contributed by atoms with Gasteiger partial charge in [-0.1, -0.05) is 224 Å². The number of hydrogen-bond donors (Lipinski definition) is 0. The summed E-state index contributed by atoms with van der Waals surface area (Å²) in [6.45, 7) is 0. The molecule has 0 aliphatic carbocycles. The summed E-state index contributed by atoms with van der Waals surface area (Å²) in [5.41, 5.74) is 20.2. The molecule has 0 bridgehead atoms. The number of para-hydroxylation sites is 5. The lowest BCUT2D eigenvalue weighted by atomic mass is 10.0. The van der Waals surface area contributed by atoms with Gasteiger partial charge in [-0.2, -0.15) is 0 Å². The average Bonchev–Trinajstić information content (AvgIpc) is 1.52. The third kappa shape index (κ3) is 7.60. The minimum absolute atomic E-state index is 0.560. The van der Waals surface area contributed by atoms with Gasteiger partial charge in [0.1, 0.15) is 0 Å². The summed E-state index contributed by atoms with van der Waals surface area (Å²) in [5, 5.41) is 9.27. The van der Waals surface area contributed by atoms with Gasteiger partial charge in [0.25, 0.3) is 0 Å². The van der Waals surface area contributed by atoms with Crippen molar-refractivity contribution in [3.05, 3.63) is 309 Å². The highest BCUT2D eigenvalue weighted by atomic mass is 15.1. The lowest BCUT2D eigenvalue weighted by molar-refractivity contribution is 1.06. The Labute approximate surface area is 506 Å². The summed E-state index contributed by atoms with van der Waals surface area (Å²) in [7, 11) is 0. The van der Waals surface area contributed by atoms with Crippen LogP contribution < -0.4 is 0 Å². The Balaban J connectivity index is 1.04. The zero-order chi connectivity index (χ0) is 57.8. The van der Waals surface area contributed by atoms with Crippen LogP contribution in [0, 0.1) is 0 Å². The minimum atomic E-state index is 0.560. The maximum absolute atomic E-state index is 5.54. The van der Waals surface area contributed by atoms with Gasteiger partial charge < -0.3 is 18.3 Å². The van der Waals surface area contributed by atoms with E-state index in [0.29, 0.717) is 17.5 Å². The molecule has 13 aromatic carbocycles. The van der Waals surface area contributed by atoms with Crippen LogP contribution in [0.5, 0.6) is 0 Å². The fraction of sp³-hybridized carbons (Fsp3) is 0. The SMILES string of the molecule is c1ccc(-c2ccc3c(c2)c2cc(-c4ccccc4)ccc2n3-c2ccc(-c3nc(-c4ccccc4)nc(-c4ccccc4)n3)c(-n3c4ccccc4c4c5c(c6ccccc6n5-c5ccccc5)c5c(c6ccccc6n5-c5ccccc5)c43)c2)cc1. The molecule has 0 aliphatic rings. The van der Waals surface area contributed by atoms with Crippen LogP contribution in [-0.4, -0.2) is 33.2 Å². The molecule has 0 unspecified atom stereocenters. The molecule has 0 amide bonds. The Morgan fingerprint density at radius 1 is 0.205 bits per heavy atom. The monoisotopic (exact) mass is 1120 g/mol. The molecule has 7 nitrogen and oxygen atoms in total. The first-order valence-corrected chi connectivity index (χ1v) is 29.9. The molecule has 0 atom stereocenters. The highest BCUT2D eigenvalue weighted by Crippen LogP contribution is 2.51. The van der Waals surface area contributed by atoms with Crippen LogP contribution in [0.1, 0.15) is 0 Å². The van der Waals surface area contributed by atoms with Gasteiger partial charge in [0.05, 0.1) is 49.8 Å². The van der Waals surface area contributed by atoms with Gasteiger partial charge in [-0.05, 0) is 107 Å². The summed E-state index contributed by atoms with van der Waals surface area (Å²) in [5.74, 6) is 1.75. The fourth-order valence-electron chi connectivity index (χ4n) is 14.0. The first-order valence-electron chi connectivity index (χ1n) is 29.9. The molecule has 0 saturated heterocycles. The van der Waals surface area contributed by atoms with Gasteiger partial charge in [0.2, 0.25) is 0 Å². The third-order valence-electron chi connectivity index (χ3n) is 17.8. The van der Waals surface area contributed by atoms with Gasteiger partial charge in [-0.3, -0.25) is 0 Å². The maximum atomic E-state index is 5.54. The highest BCUT2D eigenvalue weighted by molar-refractivity contribution is 6.40. The second-order valence-electron chi connectivity index (χ2n) is 22.7. The van der Waals surface area contributed by atoms with Crippen LogP contribution >= 0.6 is 0 Å². The molecular weight excluding hydrogens is 1070 g/mol. The minimum Gasteiger partial charge on any atom is -0.309 e. The first-order chi connectivity index (χ1) is 43.7. The number of fused-ring (bicyclic) bond motifs is 15. The predicted octanol–water partition coefficient (Wildman–Crippen LogP) is 20.6. The molecule has 18 aromatic rings. The van der Waals surface area contributed by atoms with E-state index in [-0.39, 0.29) is 0 Å². The smallest absolute Gasteiger partial charge is 0.166 e. The lowest BCUT2D eigenvalue weighted by Crippen LogP contribution is -2.05. The molecule has 0 fully saturated rings. The third-order valence-corrected chi connectivity index (χ3v) is 17.8. The molecule has 7 heteroatoms. The molecule has 5 aromatic heterocycles. The van der Waals surface area contributed by atoms with Crippen molar-refractivity contribution >= 4 is 87.2 Å². The zero-order valence-corrected chi connectivity index (χ0v) is 47.6. The van der Waals surface area contributed by atoms with E-state index in [0.717, 1.165) is 116 Å². The van der Waals surface area contributed by atoms with Crippen LogP contribution in [0.3, 0.4) is 0 Å². The maximum Gasteiger partial charge on any atom is 0.166 e. The number of hydrogen-bond acceptors (Lipinski definition) is 3. The molecule has 0 N–H and O–H groups in total. The molecule has 18 rings (SSSR count). The van der Waals surface area contributed by atoms with Crippen molar-refractivity contribution in [2.24, 2.45) is 0 Å². The summed E-state index contributed by atoms with van der Waals surface area (Å²) in [6, 6.07) is 111. The second-order valence-corrected chi connectivity index (χ2v) is 22.7. The van der Waals surface area contributed by atoms with Crippen molar-refractivity contribution < 1.29 is 0 Å². The van der Waals surface area contributed by atoms with Gasteiger partial charge in [-0.15, -0.1) is 0 Å². The molecule has 5 heterocycles. The van der Waals surface area contributed by atoms with E-state index in [1.54, 1.807) is 0 Å².